The summed E-state index contributed by atoms with van der Waals surface area (Å²) in [4.78, 5) is 26.4. The zero-order chi connectivity index (χ0) is 20.9. The van der Waals surface area contributed by atoms with Gasteiger partial charge in [-0.3, -0.25) is 4.79 Å². The third-order valence-corrected chi connectivity index (χ3v) is 4.71. The molecule has 0 aliphatic carbocycles. The molecule has 1 aliphatic heterocycles. The monoisotopic (exact) mass is 397 g/mol. The molecule has 0 saturated carbocycles. The number of ether oxygens (including phenoxy) is 2. The Hall–Kier alpha value is -3.15. The Morgan fingerprint density at radius 1 is 1.07 bits per heavy atom. The lowest BCUT2D eigenvalue weighted by Crippen LogP contribution is -2.43. The average molecular weight is 397 g/mol. The first kappa shape index (κ1) is 20.6. The van der Waals surface area contributed by atoms with E-state index in [1.54, 1.807) is 18.7 Å². The maximum atomic E-state index is 13.0. The highest BCUT2D eigenvalue weighted by molar-refractivity contribution is 5.84. The molecule has 5 nitrogen and oxygen atoms in total. The Bertz CT molecular complexity index is 891. The van der Waals surface area contributed by atoms with Crippen LogP contribution in [-0.4, -0.2) is 42.1 Å². The minimum Gasteiger partial charge on any atom is -0.476 e. The van der Waals surface area contributed by atoms with Crippen molar-refractivity contribution in [3.8, 4) is 5.75 Å². The van der Waals surface area contributed by atoms with Gasteiger partial charge in [-0.25, -0.2) is 9.18 Å². The van der Waals surface area contributed by atoms with E-state index in [2.05, 4.69) is 0 Å². The van der Waals surface area contributed by atoms with Crippen LogP contribution in [0.5, 0.6) is 5.75 Å². The van der Waals surface area contributed by atoms with Crippen LogP contribution in [0.3, 0.4) is 0 Å². The van der Waals surface area contributed by atoms with Crippen molar-refractivity contribution in [2.45, 2.75) is 25.9 Å². The number of carbonyl (C=O) groups is 2. The molecule has 0 aromatic heterocycles. The molecule has 0 fully saturated rings. The van der Waals surface area contributed by atoms with Gasteiger partial charge in [-0.1, -0.05) is 36.4 Å². The fraction of sp³-hybridized carbons (Fsp3) is 0.304. The molecule has 2 aromatic rings. The lowest BCUT2D eigenvalue weighted by Gasteiger charge is -2.28. The third-order valence-electron chi connectivity index (χ3n) is 4.71. The second-order valence-corrected chi connectivity index (χ2v) is 7.33. The smallest absolute Gasteiger partial charge is 0.350 e. The fourth-order valence-corrected chi connectivity index (χ4v) is 3.04. The molecule has 0 atom stereocenters. The Morgan fingerprint density at radius 3 is 2.38 bits per heavy atom. The van der Waals surface area contributed by atoms with Gasteiger partial charge in [0.05, 0.1) is 0 Å². The predicted octanol–water partition coefficient (Wildman–Crippen LogP) is 3.84. The molecular weight excluding hydrogens is 373 g/mol. The van der Waals surface area contributed by atoms with E-state index in [1.165, 1.54) is 29.8 Å². The van der Waals surface area contributed by atoms with Crippen molar-refractivity contribution < 1.29 is 23.5 Å². The summed E-state index contributed by atoms with van der Waals surface area (Å²) in [5.41, 5.74) is 1.06. The van der Waals surface area contributed by atoms with Crippen LogP contribution in [0, 0.1) is 5.82 Å². The first-order valence-corrected chi connectivity index (χ1v) is 9.49. The van der Waals surface area contributed by atoms with Gasteiger partial charge >= 0.3 is 5.97 Å². The highest BCUT2D eigenvalue weighted by Gasteiger charge is 2.33. The Kier molecular flexibility index (Phi) is 6.32. The summed E-state index contributed by atoms with van der Waals surface area (Å²) in [5, 5.41) is 0. The van der Waals surface area contributed by atoms with Crippen molar-refractivity contribution in [1.29, 1.82) is 0 Å². The third kappa shape index (κ3) is 5.44. The van der Waals surface area contributed by atoms with Crippen molar-refractivity contribution in [3.63, 3.8) is 0 Å². The van der Waals surface area contributed by atoms with Crippen LogP contribution < -0.4 is 4.74 Å². The topological polar surface area (TPSA) is 55.8 Å². The molecule has 0 spiro atoms. The summed E-state index contributed by atoms with van der Waals surface area (Å²) in [6.45, 7) is 3.80. The summed E-state index contributed by atoms with van der Waals surface area (Å²) in [7, 11) is 0. The van der Waals surface area contributed by atoms with Gasteiger partial charge in [0.1, 0.15) is 11.6 Å². The van der Waals surface area contributed by atoms with E-state index in [0.29, 0.717) is 18.8 Å². The number of halogens is 1. The number of rotatable bonds is 6. The molecule has 1 heterocycles. The Morgan fingerprint density at radius 2 is 1.76 bits per heavy atom. The second-order valence-electron chi connectivity index (χ2n) is 7.33. The van der Waals surface area contributed by atoms with E-state index in [-0.39, 0.29) is 12.5 Å². The molecule has 2 aromatic carbocycles. The van der Waals surface area contributed by atoms with Gasteiger partial charge in [-0.15, -0.1) is 0 Å². The summed E-state index contributed by atoms with van der Waals surface area (Å²) < 4.78 is 23.8. The zero-order valence-corrected chi connectivity index (χ0v) is 16.6. The van der Waals surface area contributed by atoms with Crippen LogP contribution in [0.4, 0.5) is 4.39 Å². The molecule has 1 amide bonds. The van der Waals surface area contributed by atoms with Gasteiger partial charge in [-0.2, -0.15) is 0 Å². The van der Waals surface area contributed by atoms with Crippen molar-refractivity contribution >= 4 is 17.4 Å². The average Bonchev–Trinajstić information content (AvgIpc) is 2.74. The summed E-state index contributed by atoms with van der Waals surface area (Å²) in [6.07, 6.45) is 2.78. The molecule has 3 rings (SSSR count). The predicted molar refractivity (Wildman–Crippen MR) is 108 cm³/mol. The zero-order valence-electron chi connectivity index (χ0n) is 16.6. The normalized spacial score (nSPS) is 14.2. The van der Waals surface area contributed by atoms with E-state index >= 15 is 0 Å². The SMILES string of the molecule is CC(C)(Oc1ccc(F)cc1)C(=O)OCC(=O)N1CC=C(c2ccccc2)CC1. The molecule has 152 valence electrons. The van der Waals surface area contributed by atoms with Crippen molar-refractivity contribution in [2.24, 2.45) is 0 Å². The summed E-state index contributed by atoms with van der Waals surface area (Å²) >= 11 is 0. The first-order valence-electron chi connectivity index (χ1n) is 9.49. The van der Waals surface area contributed by atoms with E-state index < -0.39 is 17.4 Å². The van der Waals surface area contributed by atoms with Crippen LogP contribution in [0.15, 0.2) is 60.7 Å². The lowest BCUT2D eigenvalue weighted by molar-refractivity contribution is -0.163. The fourth-order valence-electron chi connectivity index (χ4n) is 3.04. The molecule has 0 N–H and O–H groups in total. The van der Waals surface area contributed by atoms with E-state index in [0.717, 1.165) is 12.0 Å². The quantitative estimate of drug-likeness (QED) is 0.695. The van der Waals surface area contributed by atoms with Gasteiger partial charge in [-0.05, 0) is 55.7 Å². The standard InChI is InChI=1S/C23H24FNO4/c1-23(2,29-20-10-8-19(24)9-11-20)22(27)28-16-21(26)25-14-12-18(13-15-25)17-6-4-3-5-7-17/h3-12H,13-16H2,1-2H3. The molecule has 6 heteroatoms. The van der Waals surface area contributed by atoms with Crippen molar-refractivity contribution in [1.82, 2.24) is 4.90 Å². The van der Waals surface area contributed by atoms with Gasteiger partial charge < -0.3 is 14.4 Å². The van der Waals surface area contributed by atoms with Crippen molar-refractivity contribution in [3.05, 3.63) is 72.1 Å². The lowest BCUT2D eigenvalue weighted by atomic mass is 10.00. The number of hydrogen-bond donors (Lipinski definition) is 0. The Balaban J connectivity index is 1.50. The number of carbonyl (C=O) groups excluding carboxylic acids is 2. The Labute approximate surface area is 169 Å². The maximum Gasteiger partial charge on any atom is 0.350 e. The minimum atomic E-state index is -1.31. The second kappa shape index (κ2) is 8.90. The molecule has 0 unspecified atom stereocenters. The summed E-state index contributed by atoms with van der Waals surface area (Å²) in [5.74, 6) is -0.962. The number of hydrogen-bond acceptors (Lipinski definition) is 4. The number of benzene rings is 2. The molecule has 0 bridgehead atoms. The number of esters is 1. The summed E-state index contributed by atoms with van der Waals surface area (Å²) in [6, 6.07) is 15.4. The molecular formula is C23H24FNO4. The van der Waals surface area contributed by atoms with Crippen molar-refractivity contribution in [2.75, 3.05) is 19.7 Å². The molecule has 0 radical (unpaired) electrons. The van der Waals surface area contributed by atoms with Crippen LogP contribution in [0.1, 0.15) is 25.8 Å². The molecule has 0 saturated heterocycles. The van der Waals surface area contributed by atoms with E-state index in [4.69, 9.17) is 9.47 Å². The largest absolute Gasteiger partial charge is 0.476 e. The number of amides is 1. The maximum absolute atomic E-state index is 13.0. The van der Waals surface area contributed by atoms with E-state index in [1.807, 2.05) is 36.4 Å². The molecule has 1 aliphatic rings. The van der Waals surface area contributed by atoms with Crippen LogP contribution in [-0.2, 0) is 14.3 Å². The first-order chi connectivity index (χ1) is 13.8. The molecule has 29 heavy (non-hydrogen) atoms. The van der Waals surface area contributed by atoms with Gasteiger partial charge in [0.2, 0.25) is 0 Å². The minimum absolute atomic E-state index is 0.251. The van der Waals surface area contributed by atoms with E-state index in [9.17, 15) is 14.0 Å². The van der Waals surface area contributed by atoms with Gasteiger partial charge in [0.15, 0.2) is 12.2 Å². The van der Waals surface area contributed by atoms with Crippen LogP contribution >= 0.6 is 0 Å². The number of nitrogens with zero attached hydrogens (tertiary/aromatic N) is 1. The van der Waals surface area contributed by atoms with Crippen LogP contribution in [0.25, 0.3) is 5.57 Å². The van der Waals surface area contributed by atoms with Gasteiger partial charge in [0.25, 0.3) is 5.91 Å². The van der Waals surface area contributed by atoms with Gasteiger partial charge in [0, 0.05) is 13.1 Å². The highest BCUT2D eigenvalue weighted by atomic mass is 19.1. The highest BCUT2D eigenvalue weighted by Crippen LogP contribution is 2.23. The van der Waals surface area contributed by atoms with Crippen LogP contribution in [0.2, 0.25) is 0 Å².